The van der Waals surface area contributed by atoms with Gasteiger partial charge in [0, 0.05) is 4.83 Å². The van der Waals surface area contributed by atoms with Crippen LogP contribution in [0.5, 0.6) is 0 Å². The predicted molar refractivity (Wildman–Crippen MR) is 56.3 cm³/mol. The summed E-state index contributed by atoms with van der Waals surface area (Å²) in [5, 5.41) is 0. The van der Waals surface area contributed by atoms with Crippen molar-refractivity contribution in [2.24, 2.45) is 0 Å². The van der Waals surface area contributed by atoms with Crippen LogP contribution in [-0.2, 0) is 0 Å². The molecule has 0 aliphatic rings. The van der Waals surface area contributed by atoms with Crippen LogP contribution in [0.2, 0.25) is 0 Å². The highest BCUT2D eigenvalue weighted by Gasteiger charge is 1.93. The van der Waals surface area contributed by atoms with Gasteiger partial charge in [-0.2, -0.15) is 0 Å². The molecule has 0 saturated heterocycles. The average molecular weight is 219 g/mol. The molecule has 0 saturated carbocycles. The third kappa shape index (κ3) is 10.2. The topological polar surface area (TPSA) is 0 Å². The predicted octanol–water partition coefficient (Wildman–Crippen LogP) is 4.30. The Hall–Kier alpha value is 0.220. The van der Waals surface area contributed by atoms with Crippen molar-refractivity contribution in [3.63, 3.8) is 0 Å². The molecule has 0 bridgehead atoms. The van der Waals surface area contributed by atoms with E-state index in [9.17, 15) is 0 Å². The maximum atomic E-state index is 3.54. The Morgan fingerprint density at radius 1 is 1.27 bits per heavy atom. The quantitative estimate of drug-likeness (QED) is 0.355. The fraction of sp³-hybridized carbons (Fsp3) is 0.800. The second kappa shape index (κ2) is 8.32. The van der Waals surface area contributed by atoms with Gasteiger partial charge in [-0.1, -0.05) is 47.8 Å². The molecule has 0 amide bonds. The molecule has 0 aromatic rings. The van der Waals surface area contributed by atoms with Crippen LogP contribution in [-0.4, -0.2) is 4.83 Å². The Morgan fingerprint density at radius 2 is 2.00 bits per heavy atom. The first kappa shape index (κ1) is 11.2. The summed E-state index contributed by atoms with van der Waals surface area (Å²) in [6.45, 7) is 4.30. The van der Waals surface area contributed by atoms with E-state index in [1.807, 2.05) is 0 Å². The molecule has 0 fully saturated rings. The minimum absolute atomic E-state index is 0.698. The highest BCUT2D eigenvalue weighted by molar-refractivity contribution is 9.09. The van der Waals surface area contributed by atoms with Gasteiger partial charge < -0.3 is 0 Å². The Bertz CT molecular complexity index is 95.0. The molecule has 0 nitrogen and oxygen atoms in total. The lowest BCUT2D eigenvalue weighted by Gasteiger charge is -2.00. The van der Waals surface area contributed by atoms with Gasteiger partial charge in [0.15, 0.2) is 0 Å². The number of allylic oxidation sites excluding steroid dienone is 2. The zero-order chi connectivity index (χ0) is 8.53. The first-order chi connectivity index (χ1) is 5.27. The van der Waals surface area contributed by atoms with E-state index < -0.39 is 0 Å². The maximum Gasteiger partial charge on any atom is 0.0117 e. The smallest absolute Gasteiger partial charge is 0.0117 e. The number of hydrogen-bond donors (Lipinski definition) is 0. The number of hydrogen-bond acceptors (Lipinski definition) is 0. The Balaban J connectivity index is 2.91. The fourth-order valence-corrected chi connectivity index (χ4v) is 1.35. The maximum absolute atomic E-state index is 3.54. The van der Waals surface area contributed by atoms with Crippen molar-refractivity contribution in [1.29, 1.82) is 0 Å². The highest BCUT2D eigenvalue weighted by atomic mass is 79.9. The first-order valence-electron chi connectivity index (χ1n) is 4.52. The number of alkyl halides is 1. The van der Waals surface area contributed by atoms with Crippen LogP contribution in [0, 0.1) is 0 Å². The van der Waals surface area contributed by atoms with Gasteiger partial charge in [0.1, 0.15) is 0 Å². The van der Waals surface area contributed by atoms with Gasteiger partial charge in [0.25, 0.3) is 0 Å². The summed E-state index contributed by atoms with van der Waals surface area (Å²) in [7, 11) is 0. The Kier molecular flexibility index (Phi) is 8.48. The minimum atomic E-state index is 0.698. The number of rotatable bonds is 6. The number of halogens is 1. The van der Waals surface area contributed by atoms with E-state index >= 15 is 0 Å². The molecule has 0 N–H and O–H groups in total. The van der Waals surface area contributed by atoms with Crippen LogP contribution < -0.4 is 0 Å². The molecule has 0 aromatic heterocycles. The summed E-state index contributed by atoms with van der Waals surface area (Å²) in [4.78, 5) is 0.698. The molecule has 0 spiro atoms. The van der Waals surface area contributed by atoms with Crippen molar-refractivity contribution in [2.75, 3.05) is 0 Å². The molecular formula is C10H19Br. The molecule has 0 heterocycles. The largest absolute Gasteiger partial charge is 0.0917 e. The molecule has 0 radical (unpaired) electrons. The van der Waals surface area contributed by atoms with Gasteiger partial charge in [0.2, 0.25) is 0 Å². The normalized spacial score (nSPS) is 14.1. The first-order valence-corrected chi connectivity index (χ1v) is 5.44. The molecular weight excluding hydrogens is 200 g/mol. The van der Waals surface area contributed by atoms with Crippen molar-refractivity contribution in [1.82, 2.24) is 0 Å². The Labute approximate surface area is 79.2 Å². The van der Waals surface area contributed by atoms with Crippen molar-refractivity contribution in [3.8, 4) is 0 Å². The lowest BCUT2D eigenvalue weighted by atomic mass is 10.1. The average Bonchev–Trinajstić information content (AvgIpc) is 1.96. The molecule has 0 aliphatic heterocycles. The van der Waals surface area contributed by atoms with Crippen LogP contribution in [0.3, 0.4) is 0 Å². The van der Waals surface area contributed by atoms with E-state index in [1.165, 1.54) is 32.1 Å². The third-order valence-corrected chi connectivity index (χ3v) is 2.17. The molecule has 0 aliphatic carbocycles. The summed E-state index contributed by atoms with van der Waals surface area (Å²) in [6.07, 6.45) is 11.0. The second-order valence-electron chi connectivity index (χ2n) is 2.99. The van der Waals surface area contributed by atoms with E-state index in [0.29, 0.717) is 4.83 Å². The molecule has 1 atom stereocenters. The molecule has 0 aromatic carbocycles. The van der Waals surface area contributed by atoms with Crippen LogP contribution in [0.25, 0.3) is 0 Å². The van der Waals surface area contributed by atoms with E-state index in [2.05, 4.69) is 41.9 Å². The van der Waals surface area contributed by atoms with Crippen LogP contribution in [0.1, 0.15) is 46.0 Å². The van der Waals surface area contributed by atoms with E-state index in [1.54, 1.807) is 0 Å². The molecule has 66 valence electrons. The van der Waals surface area contributed by atoms with Gasteiger partial charge in [-0.15, -0.1) is 0 Å². The minimum Gasteiger partial charge on any atom is -0.0917 e. The molecule has 1 unspecified atom stereocenters. The highest BCUT2D eigenvalue weighted by Crippen LogP contribution is 2.10. The fourth-order valence-electron chi connectivity index (χ4n) is 1.03. The summed E-state index contributed by atoms with van der Waals surface area (Å²) >= 11 is 3.54. The summed E-state index contributed by atoms with van der Waals surface area (Å²) in [5.74, 6) is 0. The van der Waals surface area contributed by atoms with Gasteiger partial charge in [0.05, 0.1) is 0 Å². The molecule has 11 heavy (non-hydrogen) atoms. The Morgan fingerprint density at radius 3 is 2.55 bits per heavy atom. The van der Waals surface area contributed by atoms with Crippen molar-refractivity contribution in [2.45, 2.75) is 50.8 Å². The van der Waals surface area contributed by atoms with E-state index in [4.69, 9.17) is 0 Å². The lowest BCUT2D eigenvalue weighted by molar-refractivity contribution is 0.647. The molecule has 1 heteroatoms. The van der Waals surface area contributed by atoms with Crippen LogP contribution in [0.4, 0.5) is 0 Å². The van der Waals surface area contributed by atoms with Gasteiger partial charge in [-0.25, -0.2) is 0 Å². The zero-order valence-electron chi connectivity index (χ0n) is 7.65. The van der Waals surface area contributed by atoms with Gasteiger partial charge >= 0.3 is 0 Å². The van der Waals surface area contributed by atoms with Crippen molar-refractivity contribution < 1.29 is 0 Å². The SMILES string of the molecule is C/C=C/CCCCCC(C)Br. The summed E-state index contributed by atoms with van der Waals surface area (Å²) in [6, 6.07) is 0. The third-order valence-electron chi connectivity index (χ3n) is 1.71. The van der Waals surface area contributed by atoms with E-state index in [-0.39, 0.29) is 0 Å². The van der Waals surface area contributed by atoms with Crippen LogP contribution >= 0.6 is 15.9 Å². The van der Waals surface area contributed by atoms with Gasteiger partial charge in [-0.3, -0.25) is 0 Å². The lowest BCUT2D eigenvalue weighted by Crippen LogP contribution is -1.88. The van der Waals surface area contributed by atoms with E-state index in [0.717, 1.165) is 0 Å². The summed E-state index contributed by atoms with van der Waals surface area (Å²) < 4.78 is 0. The standard InChI is InChI=1S/C10H19Br/c1-3-4-5-6-7-8-9-10(2)11/h3-4,10H,5-9H2,1-2H3/b4-3+. The second-order valence-corrected chi connectivity index (χ2v) is 4.55. The van der Waals surface area contributed by atoms with Crippen LogP contribution in [0.15, 0.2) is 12.2 Å². The number of unbranched alkanes of at least 4 members (excludes halogenated alkanes) is 3. The van der Waals surface area contributed by atoms with Gasteiger partial charge in [-0.05, 0) is 26.2 Å². The van der Waals surface area contributed by atoms with Crippen molar-refractivity contribution in [3.05, 3.63) is 12.2 Å². The zero-order valence-corrected chi connectivity index (χ0v) is 9.23. The van der Waals surface area contributed by atoms with Crippen molar-refractivity contribution >= 4 is 15.9 Å². The summed E-state index contributed by atoms with van der Waals surface area (Å²) in [5.41, 5.74) is 0. The molecule has 0 rings (SSSR count). The monoisotopic (exact) mass is 218 g/mol.